The summed E-state index contributed by atoms with van der Waals surface area (Å²) in [6.45, 7) is 2.76. The van der Waals surface area contributed by atoms with E-state index >= 15 is 0 Å². The van der Waals surface area contributed by atoms with Crippen molar-refractivity contribution in [2.75, 3.05) is 20.1 Å². The van der Waals surface area contributed by atoms with Crippen molar-refractivity contribution in [2.24, 2.45) is 4.99 Å². The second-order valence-electron chi connectivity index (χ2n) is 5.40. The fraction of sp³-hybridized carbons (Fsp3) is 0.353. The van der Waals surface area contributed by atoms with E-state index in [0.29, 0.717) is 5.92 Å². The number of nitrogens with zero attached hydrogens (tertiary/aromatic N) is 2. The molecule has 0 bridgehead atoms. The molecular formula is C17H23IN4. The summed E-state index contributed by atoms with van der Waals surface area (Å²) in [5.74, 6) is 1.50. The number of aliphatic imine (C=N–C) groups is 1. The molecule has 1 aliphatic rings. The van der Waals surface area contributed by atoms with Crippen LogP contribution in [0.3, 0.4) is 0 Å². The average molecular weight is 410 g/mol. The van der Waals surface area contributed by atoms with E-state index in [1.165, 1.54) is 17.5 Å². The van der Waals surface area contributed by atoms with Gasteiger partial charge in [0.2, 0.25) is 0 Å². The van der Waals surface area contributed by atoms with Crippen molar-refractivity contribution in [3.05, 3.63) is 59.9 Å². The fourth-order valence-electron chi connectivity index (χ4n) is 2.81. The molecule has 5 heteroatoms. The van der Waals surface area contributed by atoms with Gasteiger partial charge in [0, 0.05) is 45.0 Å². The predicted octanol–water partition coefficient (Wildman–Crippen LogP) is 2.61. The molecule has 1 aromatic heterocycles. The van der Waals surface area contributed by atoms with E-state index in [1.54, 1.807) is 0 Å². The van der Waals surface area contributed by atoms with Gasteiger partial charge in [-0.25, -0.2) is 0 Å². The molecule has 22 heavy (non-hydrogen) atoms. The first-order valence-corrected chi connectivity index (χ1v) is 7.50. The van der Waals surface area contributed by atoms with Crippen molar-refractivity contribution >= 4 is 29.9 Å². The summed E-state index contributed by atoms with van der Waals surface area (Å²) in [5, 5.41) is 6.78. The summed E-state index contributed by atoms with van der Waals surface area (Å²) in [5.41, 5.74) is 2.97. The van der Waals surface area contributed by atoms with Crippen LogP contribution < -0.4 is 10.6 Å². The minimum Gasteiger partial charge on any atom is -0.356 e. The highest BCUT2D eigenvalue weighted by molar-refractivity contribution is 14.0. The molecule has 0 aliphatic heterocycles. The maximum Gasteiger partial charge on any atom is 0.191 e. The van der Waals surface area contributed by atoms with Crippen LogP contribution in [0.1, 0.15) is 17.0 Å². The first-order chi connectivity index (χ1) is 10.4. The number of aromatic nitrogens is 1. The van der Waals surface area contributed by atoms with Gasteiger partial charge < -0.3 is 15.2 Å². The second-order valence-corrected chi connectivity index (χ2v) is 5.40. The fourth-order valence-corrected chi connectivity index (χ4v) is 2.81. The van der Waals surface area contributed by atoms with Crippen LogP contribution in [0.2, 0.25) is 0 Å². The van der Waals surface area contributed by atoms with Gasteiger partial charge in [-0.05, 0) is 29.7 Å². The first-order valence-electron chi connectivity index (χ1n) is 7.50. The topological polar surface area (TPSA) is 41.4 Å². The summed E-state index contributed by atoms with van der Waals surface area (Å²) in [6.07, 6.45) is 5.32. The maximum absolute atomic E-state index is 4.28. The lowest BCUT2D eigenvalue weighted by atomic mass is 9.78. The van der Waals surface area contributed by atoms with Crippen LogP contribution in [0.5, 0.6) is 0 Å². The Labute approximate surface area is 149 Å². The van der Waals surface area contributed by atoms with Crippen LogP contribution in [0.4, 0.5) is 0 Å². The summed E-state index contributed by atoms with van der Waals surface area (Å²) >= 11 is 0. The van der Waals surface area contributed by atoms with E-state index < -0.39 is 0 Å². The molecule has 0 saturated heterocycles. The molecule has 118 valence electrons. The number of hydrogen-bond donors (Lipinski definition) is 2. The maximum atomic E-state index is 4.28. The van der Waals surface area contributed by atoms with Crippen molar-refractivity contribution in [1.29, 1.82) is 0 Å². The number of nitrogens with one attached hydrogen (secondary N) is 2. The van der Waals surface area contributed by atoms with Crippen LogP contribution in [0.15, 0.2) is 53.8 Å². The molecule has 1 atom stereocenters. The van der Waals surface area contributed by atoms with Crippen molar-refractivity contribution < 1.29 is 0 Å². The van der Waals surface area contributed by atoms with E-state index in [0.717, 1.165) is 25.6 Å². The molecule has 2 aromatic rings. The largest absolute Gasteiger partial charge is 0.356 e. The van der Waals surface area contributed by atoms with Gasteiger partial charge in [0.25, 0.3) is 0 Å². The molecule has 1 heterocycles. The Bertz CT molecular complexity index is 607. The van der Waals surface area contributed by atoms with Crippen molar-refractivity contribution in [2.45, 2.75) is 18.9 Å². The Kier molecular flexibility index (Phi) is 6.30. The molecule has 1 aromatic carbocycles. The van der Waals surface area contributed by atoms with Gasteiger partial charge in [-0.2, -0.15) is 0 Å². The lowest BCUT2D eigenvalue weighted by Crippen LogP contribution is -2.42. The number of guanidine groups is 1. The Balaban J connectivity index is 0.00000176. The van der Waals surface area contributed by atoms with Crippen LogP contribution in [0, 0.1) is 0 Å². The van der Waals surface area contributed by atoms with Crippen molar-refractivity contribution in [1.82, 2.24) is 15.2 Å². The third-order valence-corrected chi connectivity index (χ3v) is 4.03. The Hall–Kier alpha value is -1.50. The molecule has 0 fully saturated rings. The molecule has 0 spiro atoms. The van der Waals surface area contributed by atoms with Gasteiger partial charge in [0.05, 0.1) is 0 Å². The minimum absolute atomic E-state index is 0. The summed E-state index contributed by atoms with van der Waals surface area (Å²) in [7, 11) is 1.82. The number of hydrogen-bond acceptors (Lipinski definition) is 1. The summed E-state index contributed by atoms with van der Waals surface area (Å²) in [4.78, 5) is 4.28. The number of halogens is 1. The van der Waals surface area contributed by atoms with Gasteiger partial charge in [-0.15, -0.1) is 24.0 Å². The third-order valence-electron chi connectivity index (χ3n) is 4.03. The molecule has 3 rings (SSSR count). The summed E-state index contributed by atoms with van der Waals surface area (Å²) in [6, 6.07) is 12.8. The van der Waals surface area contributed by atoms with Crippen LogP contribution in [-0.2, 0) is 13.0 Å². The SMILES string of the molecule is CN=C(NCCn1cccc1)NCC1Cc2ccccc21.I. The summed E-state index contributed by atoms with van der Waals surface area (Å²) < 4.78 is 2.16. The van der Waals surface area contributed by atoms with Gasteiger partial charge in [0.1, 0.15) is 0 Å². The lowest BCUT2D eigenvalue weighted by Gasteiger charge is -2.30. The van der Waals surface area contributed by atoms with Crippen LogP contribution >= 0.6 is 24.0 Å². The van der Waals surface area contributed by atoms with E-state index in [-0.39, 0.29) is 24.0 Å². The second kappa shape index (κ2) is 8.22. The number of fused-ring (bicyclic) bond motifs is 1. The van der Waals surface area contributed by atoms with E-state index in [9.17, 15) is 0 Å². The quantitative estimate of drug-likeness (QED) is 0.452. The monoisotopic (exact) mass is 410 g/mol. The Morgan fingerprint density at radius 2 is 1.95 bits per heavy atom. The zero-order valence-electron chi connectivity index (χ0n) is 12.8. The highest BCUT2D eigenvalue weighted by Crippen LogP contribution is 2.33. The van der Waals surface area contributed by atoms with E-state index in [4.69, 9.17) is 0 Å². The molecule has 0 radical (unpaired) electrons. The van der Waals surface area contributed by atoms with Crippen molar-refractivity contribution in [3.8, 4) is 0 Å². The smallest absolute Gasteiger partial charge is 0.191 e. The zero-order valence-corrected chi connectivity index (χ0v) is 15.2. The third kappa shape index (κ3) is 4.03. The molecule has 1 aliphatic carbocycles. The normalized spacial score (nSPS) is 16.2. The van der Waals surface area contributed by atoms with Gasteiger partial charge in [-0.1, -0.05) is 24.3 Å². The molecule has 4 nitrogen and oxygen atoms in total. The Morgan fingerprint density at radius 1 is 1.18 bits per heavy atom. The van der Waals surface area contributed by atoms with Crippen LogP contribution in [0.25, 0.3) is 0 Å². The van der Waals surface area contributed by atoms with Gasteiger partial charge in [0.15, 0.2) is 5.96 Å². The predicted molar refractivity (Wildman–Crippen MR) is 102 cm³/mol. The lowest BCUT2D eigenvalue weighted by molar-refractivity contribution is 0.580. The van der Waals surface area contributed by atoms with Gasteiger partial charge in [-0.3, -0.25) is 4.99 Å². The highest BCUT2D eigenvalue weighted by Gasteiger charge is 2.25. The van der Waals surface area contributed by atoms with E-state index in [2.05, 4.69) is 56.9 Å². The molecule has 2 N–H and O–H groups in total. The van der Waals surface area contributed by atoms with Gasteiger partial charge >= 0.3 is 0 Å². The molecule has 0 saturated carbocycles. The van der Waals surface area contributed by atoms with Crippen molar-refractivity contribution in [3.63, 3.8) is 0 Å². The number of rotatable bonds is 5. The van der Waals surface area contributed by atoms with Crippen LogP contribution in [-0.4, -0.2) is 30.7 Å². The Morgan fingerprint density at radius 3 is 2.68 bits per heavy atom. The molecular weight excluding hydrogens is 387 g/mol. The zero-order chi connectivity index (χ0) is 14.5. The first kappa shape index (κ1) is 16.9. The minimum atomic E-state index is 0. The molecule has 0 amide bonds. The highest BCUT2D eigenvalue weighted by atomic mass is 127. The standard InChI is InChI=1S/C17H22N4.HI/c1-18-17(19-8-11-21-9-4-5-10-21)20-13-15-12-14-6-2-3-7-16(14)15;/h2-7,9-10,15H,8,11-13H2,1H3,(H2,18,19,20);1H. The number of benzene rings is 1. The molecule has 1 unspecified atom stereocenters. The average Bonchev–Trinajstić information content (AvgIpc) is 2.99. The van der Waals surface area contributed by atoms with E-state index in [1.807, 2.05) is 19.2 Å².